The van der Waals surface area contributed by atoms with Gasteiger partial charge in [0, 0.05) is 12.2 Å². The van der Waals surface area contributed by atoms with Gasteiger partial charge in [0.1, 0.15) is 5.88 Å². The van der Waals surface area contributed by atoms with Crippen LogP contribution in [-0.2, 0) is 16.0 Å². The zero-order valence-electron chi connectivity index (χ0n) is 9.40. The van der Waals surface area contributed by atoms with E-state index in [-0.39, 0.29) is 17.8 Å². The number of amides is 1. The normalized spacial score (nSPS) is 13.4. The molecule has 1 aliphatic heterocycles. The van der Waals surface area contributed by atoms with E-state index in [2.05, 4.69) is 0 Å². The van der Waals surface area contributed by atoms with E-state index in [1.165, 1.54) is 7.11 Å². The topological polar surface area (TPSA) is 46.6 Å². The summed E-state index contributed by atoms with van der Waals surface area (Å²) in [6.45, 7) is 0.564. The molecule has 0 N–H and O–H groups in total. The Hall–Kier alpha value is -1.55. The number of benzene rings is 1. The summed E-state index contributed by atoms with van der Waals surface area (Å²) in [6, 6.07) is 5.27. The van der Waals surface area contributed by atoms with E-state index in [0.29, 0.717) is 18.5 Å². The van der Waals surface area contributed by atoms with Crippen LogP contribution < -0.4 is 4.90 Å². The maximum absolute atomic E-state index is 11.6. The monoisotopic (exact) mass is 253 g/mol. The van der Waals surface area contributed by atoms with Gasteiger partial charge in [-0.15, -0.1) is 11.6 Å². The molecule has 1 aromatic carbocycles. The van der Waals surface area contributed by atoms with Crippen molar-refractivity contribution in [2.24, 2.45) is 0 Å². The lowest BCUT2D eigenvalue weighted by Crippen LogP contribution is -2.29. The van der Waals surface area contributed by atoms with Crippen molar-refractivity contribution in [3.8, 4) is 0 Å². The summed E-state index contributed by atoms with van der Waals surface area (Å²) < 4.78 is 4.72. The van der Waals surface area contributed by atoms with Gasteiger partial charge in [-0.1, -0.05) is 6.07 Å². The minimum Gasteiger partial charge on any atom is -0.465 e. The van der Waals surface area contributed by atoms with Gasteiger partial charge in [0.25, 0.3) is 0 Å². The Labute approximate surface area is 104 Å². The smallest absolute Gasteiger partial charge is 0.338 e. The van der Waals surface area contributed by atoms with Crippen LogP contribution in [0.2, 0.25) is 0 Å². The molecule has 0 radical (unpaired) electrons. The molecule has 0 aliphatic carbocycles. The van der Waals surface area contributed by atoms with Crippen molar-refractivity contribution in [3.05, 3.63) is 29.3 Å². The van der Waals surface area contributed by atoms with Crippen molar-refractivity contribution < 1.29 is 14.3 Å². The van der Waals surface area contributed by atoms with E-state index in [1.54, 1.807) is 17.0 Å². The molecule has 5 heteroatoms. The first kappa shape index (κ1) is 11.9. The van der Waals surface area contributed by atoms with Gasteiger partial charge in [0.05, 0.1) is 12.7 Å². The Morgan fingerprint density at radius 3 is 2.88 bits per heavy atom. The molecular weight excluding hydrogens is 242 g/mol. The fraction of sp³-hybridized carbons (Fsp3) is 0.333. The molecule has 1 aliphatic rings. The Balaban J connectivity index is 2.42. The Kier molecular flexibility index (Phi) is 3.33. The van der Waals surface area contributed by atoms with Crippen molar-refractivity contribution in [1.29, 1.82) is 0 Å². The van der Waals surface area contributed by atoms with Crippen molar-refractivity contribution in [3.63, 3.8) is 0 Å². The summed E-state index contributed by atoms with van der Waals surface area (Å²) >= 11 is 5.55. The maximum atomic E-state index is 11.6. The molecule has 0 fully saturated rings. The van der Waals surface area contributed by atoms with Gasteiger partial charge in [-0.3, -0.25) is 4.79 Å². The number of alkyl halides is 1. The van der Waals surface area contributed by atoms with Gasteiger partial charge in [0.15, 0.2) is 0 Å². The van der Waals surface area contributed by atoms with E-state index < -0.39 is 0 Å². The third-order valence-electron chi connectivity index (χ3n) is 2.85. The predicted octanol–water partition coefficient (Wildman–Crippen LogP) is 1.60. The van der Waals surface area contributed by atoms with Gasteiger partial charge in [0.2, 0.25) is 5.91 Å². The van der Waals surface area contributed by atoms with Crippen LogP contribution in [0.25, 0.3) is 0 Å². The number of rotatable bonds is 2. The van der Waals surface area contributed by atoms with E-state index >= 15 is 0 Å². The highest BCUT2D eigenvalue weighted by molar-refractivity contribution is 6.29. The molecule has 4 nitrogen and oxygen atoms in total. The van der Waals surface area contributed by atoms with Gasteiger partial charge in [-0.05, 0) is 24.1 Å². The molecule has 0 saturated heterocycles. The lowest BCUT2D eigenvalue weighted by atomic mass is 10.1. The average molecular weight is 254 g/mol. The lowest BCUT2D eigenvalue weighted by molar-refractivity contribution is -0.116. The molecule has 90 valence electrons. The Morgan fingerprint density at radius 1 is 1.47 bits per heavy atom. The van der Waals surface area contributed by atoms with Crippen LogP contribution in [0.3, 0.4) is 0 Å². The number of anilines is 1. The highest BCUT2D eigenvalue weighted by Gasteiger charge is 2.27. The van der Waals surface area contributed by atoms with Gasteiger partial charge in [-0.25, -0.2) is 4.79 Å². The summed E-state index contributed by atoms with van der Waals surface area (Å²) in [5.74, 6) is -0.573. The average Bonchev–Trinajstić information content (AvgIpc) is 2.80. The minimum absolute atomic E-state index is 0.0537. The zero-order chi connectivity index (χ0) is 12.4. The second-order valence-electron chi connectivity index (χ2n) is 3.72. The molecule has 1 amide bonds. The molecule has 0 atom stereocenters. The number of hydrogen-bond donors (Lipinski definition) is 0. The molecule has 1 heterocycles. The number of methoxy groups -OCH3 is 1. The third kappa shape index (κ3) is 2.00. The molecule has 1 aromatic rings. The molecule has 0 bridgehead atoms. The highest BCUT2D eigenvalue weighted by atomic mass is 35.5. The number of carbonyl (C=O) groups excluding carboxylic acids is 2. The second kappa shape index (κ2) is 4.75. The fourth-order valence-corrected chi connectivity index (χ4v) is 2.21. The predicted molar refractivity (Wildman–Crippen MR) is 64.6 cm³/mol. The molecule has 17 heavy (non-hydrogen) atoms. The van der Waals surface area contributed by atoms with Crippen LogP contribution in [0.1, 0.15) is 15.9 Å². The van der Waals surface area contributed by atoms with E-state index in [0.717, 1.165) is 11.3 Å². The van der Waals surface area contributed by atoms with Crippen LogP contribution >= 0.6 is 11.6 Å². The fourth-order valence-electron chi connectivity index (χ4n) is 2.07. The molecule has 0 saturated carbocycles. The first-order chi connectivity index (χ1) is 8.19. The third-order valence-corrected chi connectivity index (χ3v) is 3.08. The quantitative estimate of drug-likeness (QED) is 0.594. The molecular formula is C12H12ClNO3. The van der Waals surface area contributed by atoms with Crippen molar-refractivity contribution in [1.82, 2.24) is 0 Å². The Bertz CT molecular complexity index is 473. The van der Waals surface area contributed by atoms with Crippen LogP contribution in [0.15, 0.2) is 18.2 Å². The Morgan fingerprint density at radius 2 is 2.24 bits per heavy atom. The van der Waals surface area contributed by atoms with Gasteiger partial charge in [-0.2, -0.15) is 0 Å². The van der Waals surface area contributed by atoms with Gasteiger partial charge >= 0.3 is 5.97 Å². The minimum atomic E-state index is -0.373. The van der Waals surface area contributed by atoms with E-state index in [1.807, 2.05) is 6.07 Å². The number of fused-ring (bicyclic) bond motifs is 1. The van der Waals surface area contributed by atoms with Gasteiger partial charge < -0.3 is 9.64 Å². The van der Waals surface area contributed by atoms with E-state index in [4.69, 9.17) is 16.3 Å². The molecule has 0 aromatic heterocycles. The van der Waals surface area contributed by atoms with Crippen LogP contribution in [0, 0.1) is 0 Å². The van der Waals surface area contributed by atoms with E-state index in [9.17, 15) is 9.59 Å². The van der Waals surface area contributed by atoms with Crippen molar-refractivity contribution in [2.45, 2.75) is 6.42 Å². The number of ether oxygens (including phenoxy) is 1. The molecule has 0 spiro atoms. The summed E-state index contributed by atoms with van der Waals surface area (Å²) in [5.41, 5.74) is 2.14. The van der Waals surface area contributed by atoms with Crippen LogP contribution in [-0.4, -0.2) is 31.4 Å². The number of halogens is 1. The molecule has 2 rings (SSSR count). The largest absolute Gasteiger partial charge is 0.465 e. The second-order valence-corrected chi connectivity index (χ2v) is 3.99. The summed E-state index contributed by atoms with van der Waals surface area (Å²) in [5, 5.41) is 0. The van der Waals surface area contributed by atoms with Crippen molar-refractivity contribution in [2.75, 3.05) is 24.4 Å². The summed E-state index contributed by atoms with van der Waals surface area (Å²) in [4.78, 5) is 24.8. The standard InChI is InChI=1S/C12H12ClNO3/c1-17-12(16)9-3-2-4-10-8(9)5-6-14(10)11(15)7-13/h2-4H,5-7H2,1H3. The van der Waals surface area contributed by atoms with Crippen LogP contribution in [0.5, 0.6) is 0 Å². The summed E-state index contributed by atoms with van der Waals surface area (Å²) in [6.07, 6.45) is 0.656. The van der Waals surface area contributed by atoms with Crippen LogP contribution in [0.4, 0.5) is 5.69 Å². The maximum Gasteiger partial charge on any atom is 0.338 e. The zero-order valence-corrected chi connectivity index (χ0v) is 10.2. The summed E-state index contributed by atoms with van der Waals surface area (Å²) in [7, 11) is 1.35. The SMILES string of the molecule is COC(=O)c1cccc2c1CCN2C(=O)CCl. The highest BCUT2D eigenvalue weighted by Crippen LogP contribution is 2.31. The number of carbonyl (C=O) groups is 2. The lowest BCUT2D eigenvalue weighted by Gasteiger charge is -2.15. The number of nitrogens with zero attached hydrogens (tertiary/aromatic N) is 1. The van der Waals surface area contributed by atoms with Crippen molar-refractivity contribution >= 4 is 29.2 Å². The molecule has 0 unspecified atom stereocenters. The number of hydrogen-bond acceptors (Lipinski definition) is 3. The number of esters is 1. The first-order valence-corrected chi connectivity index (χ1v) is 5.79. The first-order valence-electron chi connectivity index (χ1n) is 5.25.